The second kappa shape index (κ2) is 10.6. The molecular weight excluding hydrogens is 326 g/mol. The van der Waals surface area contributed by atoms with Crippen LogP contribution in [0.15, 0.2) is 24.3 Å². The molecule has 0 saturated carbocycles. The molecule has 0 amide bonds. The lowest BCUT2D eigenvalue weighted by atomic mass is 9.96. The lowest BCUT2D eigenvalue weighted by Crippen LogP contribution is -2.18. The second-order valence-electron chi connectivity index (χ2n) is 5.67. The van der Waals surface area contributed by atoms with E-state index in [0.717, 1.165) is 30.9 Å². The van der Waals surface area contributed by atoms with Crippen molar-refractivity contribution in [3.05, 3.63) is 35.4 Å². The van der Waals surface area contributed by atoms with Gasteiger partial charge in [-0.15, -0.1) is 0 Å². The predicted molar refractivity (Wildman–Crippen MR) is 105 cm³/mol. The van der Waals surface area contributed by atoms with E-state index in [1.54, 1.807) is 0 Å². The highest BCUT2D eigenvalue weighted by molar-refractivity contribution is 8.13. The van der Waals surface area contributed by atoms with E-state index in [1.165, 1.54) is 34.7 Å². The molecule has 0 unspecified atom stereocenters. The first-order chi connectivity index (χ1) is 10.9. The average molecular weight is 354 g/mol. The largest absolute Gasteiger partial charge is 0.379 e. The molecule has 0 aliphatic rings. The molecule has 128 valence electrons. The van der Waals surface area contributed by atoms with Crippen molar-refractivity contribution in [3.63, 3.8) is 0 Å². The van der Waals surface area contributed by atoms with Crippen LogP contribution in [-0.4, -0.2) is 47.4 Å². The highest BCUT2D eigenvalue weighted by Gasteiger charge is 2.13. The first kappa shape index (κ1) is 19.9. The molecule has 0 saturated heterocycles. The number of amidine groups is 2. The number of hydrogen-bond acceptors (Lipinski definition) is 5. The Morgan fingerprint density at radius 1 is 1.09 bits per heavy atom. The van der Waals surface area contributed by atoms with Crippen LogP contribution in [0.1, 0.15) is 23.5 Å². The van der Waals surface area contributed by atoms with Crippen LogP contribution in [0.2, 0.25) is 0 Å². The Hall–Kier alpha value is -1.18. The van der Waals surface area contributed by atoms with Gasteiger partial charge in [-0.05, 0) is 50.5 Å². The van der Waals surface area contributed by atoms with E-state index in [0.29, 0.717) is 5.92 Å². The summed E-state index contributed by atoms with van der Waals surface area (Å²) in [5.41, 5.74) is 13.4. The van der Waals surface area contributed by atoms with Crippen LogP contribution in [0.25, 0.3) is 0 Å². The molecule has 0 spiro atoms. The third-order valence-corrected chi connectivity index (χ3v) is 5.06. The highest BCUT2D eigenvalue weighted by Crippen LogP contribution is 2.25. The minimum absolute atomic E-state index is 0.173. The summed E-state index contributed by atoms with van der Waals surface area (Å²) in [5, 5.41) is 15.0. The van der Waals surface area contributed by atoms with Gasteiger partial charge in [0.05, 0.1) is 0 Å². The quantitative estimate of drug-likeness (QED) is 0.403. The zero-order valence-electron chi connectivity index (χ0n) is 13.8. The fourth-order valence-electron chi connectivity index (χ4n) is 2.19. The third-order valence-electron chi connectivity index (χ3n) is 3.46. The highest BCUT2D eigenvalue weighted by atomic mass is 32.2. The normalized spacial score (nSPS) is 12.3. The number of aryl methyl sites for hydroxylation is 1. The molecule has 1 atom stereocenters. The number of nitrogens with two attached hydrogens (primary N) is 2. The number of rotatable bonds is 9. The minimum atomic E-state index is 0.173. The molecule has 1 aromatic carbocycles. The van der Waals surface area contributed by atoms with E-state index in [1.807, 2.05) is 0 Å². The second-order valence-corrected chi connectivity index (χ2v) is 7.87. The van der Waals surface area contributed by atoms with Crippen molar-refractivity contribution in [2.45, 2.75) is 18.8 Å². The Morgan fingerprint density at radius 2 is 1.70 bits per heavy atom. The Labute approximate surface area is 147 Å². The molecule has 0 aliphatic heterocycles. The van der Waals surface area contributed by atoms with Gasteiger partial charge in [-0.2, -0.15) is 0 Å². The summed E-state index contributed by atoms with van der Waals surface area (Å²) >= 11 is 2.78. The lowest BCUT2D eigenvalue weighted by molar-refractivity contribution is 0.387. The first-order valence-corrected chi connectivity index (χ1v) is 9.52. The molecule has 0 fully saturated rings. The van der Waals surface area contributed by atoms with Crippen molar-refractivity contribution >= 4 is 33.9 Å². The molecule has 7 heteroatoms. The van der Waals surface area contributed by atoms with Gasteiger partial charge in [0.2, 0.25) is 0 Å². The van der Waals surface area contributed by atoms with Gasteiger partial charge in [0.25, 0.3) is 0 Å². The zero-order valence-corrected chi connectivity index (χ0v) is 15.5. The molecule has 0 heterocycles. The topological polar surface area (TPSA) is 103 Å². The number of benzene rings is 1. The van der Waals surface area contributed by atoms with Crippen molar-refractivity contribution in [1.82, 2.24) is 4.90 Å². The van der Waals surface area contributed by atoms with Crippen molar-refractivity contribution in [2.24, 2.45) is 11.5 Å². The number of nitrogens with zero attached hydrogens (tertiary/aromatic N) is 1. The van der Waals surface area contributed by atoms with Crippen LogP contribution in [0.3, 0.4) is 0 Å². The van der Waals surface area contributed by atoms with Crippen LogP contribution in [-0.2, 0) is 6.42 Å². The zero-order chi connectivity index (χ0) is 17.2. The van der Waals surface area contributed by atoms with E-state index in [4.69, 9.17) is 22.3 Å². The number of hydrogen-bond donors (Lipinski definition) is 4. The summed E-state index contributed by atoms with van der Waals surface area (Å²) in [4.78, 5) is 2.18. The molecular formula is C16H27N5S2. The number of nitrogens with one attached hydrogen (secondary N) is 2. The molecule has 1 aromatic rings. The maximum atomic E-state index is 7.41. The molecule has 5 nitrogen and oxygen atoms in total. The maximum Gasteiger partial charge on any atom is 0.151 e. The first-order valence-electron chi connectivity index (χ1n) is 7.55. The molecule has 0 aromatic heterocycles. The monoisotopic (exact) mass is 353 g/mol. The van der Waals surface area contributed by atoms with Gasteiger partial charge in [0.15, 0.2) is 10.3 Å². The van der Waals surface area contributed by atoms with Crippen LogP contribution in [0.4, 0.5) is 0 Å². The standard InChI is InChI=1S/C16H27N5S2/c1-21(2)9-7-14(11-23-16(19)20)13-5-3-12(4-6-13)8-10-22-15(17)18/h3-6,14H,7-11H2,1-2H3,(H3,17,18)(H3,19,20)/t14-/m0/s1. The molecule has 23 heavy (non-hydrogen) atoms. The summed E-state index contributed by atoms with van der Waals surface area (Å²) in [6, 6.07) is 8.65. The van der Waals surface area contributed by atoms with Crippen LogP contribution < -0.4 is 11.5 Å². The molecule has 0 aliphatic carbocycles. The fourth-order valence-corrected chi connectivity index (χ4v) is 3.48. The van der Waals surface area contributed by atoms with Crippen molar-refractivity contribution < 1.29 is 0 Å². The Bertz CT molecular complexity index is 502. The van der Waals surface area contributed by atoms with E-state index in [-0.39, 0.29) is 10.3 Å². The van der Waals surface area contributed by atoms with E-state index < -0.39 is 0 Å². The van der Waals surface area contributed by atoms with Crippen molar-refractivity contribution in [3.8, 4) is 0 Å². The summed E-state index contributed by atoms with van der Waals surface area (Å²) in [6.45, 7) is 1.01. The van der Waals surface area contributed by atoms with Gasteiger partial charge in [0.1, 0.15) is 0 Å². The molecule has 1 rings (SSSR count). The average Bonchev–Trinajstić information content (AvgIpc) is 2.47. The minimum Gasteiger partial charge on any atom is -0.379 e. The summed E-state index contributed by atoms with van der Waals surface area (Å²) < 4.78 is 0. The lowest BCUT2D eigenvalue weighted by Gasteiger charge is -2.19. The van der Waals surface area contributed by atoms with Crippen molar-refractivity contribution in [1.29, 1.82) is 10.8 Å². The Kier molecular flexibility index (Phi) is 9.13. The van der Waals surface area contributed by atoms with E-state index >= 15 is 0 Å². The fraction of sp³-hybridized carbons (Fsp3) is 0.500. The van der Waals surface area contributed by atoms with Gasteiger partial charge in [0, 0.05) is 11.5 Å². The van der Waals surface area contributed by atoms with Crippen LogP contribution >= 0.6 is 23.5 Å². The summed E-state index contributed by atoms with van der Waals surface area (Å²) in [7, 11) is 4.15. The molecule has 0 bridgehead atoms. The van der Waals surface area contributed by atoms with Gasteiger partial charge in [-0.25, -0.2) is 0 Å². The van der Waals surface area contributed by atoms with E-state index in [2.05, 4.69) is 43.3 Å². The SMILES string of the molecule is CN(C)CC[C@@H](CSC(=N)N)c1ccc(CCSC(=N)N)cc1. The van der Waals surface area contributed by atoms with Crippen LogP contribution in [0.5, 0.6) is 0 Å². The van der Waals surface area contributed by atoms with Crippen LogP contribution in [0, 0.1) is 10.8 Å². The Balaban J connectivity index is 2.65. The predicted octanol–water partition coefficient (Wildman–Crippen LogP) is 2.52. The Morgan fingerprint density at radius 3 is 2.22 bits per heavy atom. The molecule has 0 radical (unpaired) electrons. The van der Waals surface area contributed by atoms with Crippen molar-refractivity contribution in [2.75, 3.05) is 32.1 Å². The van der Waals surface area contributed by atoms with Gasteiger partial charge >= 0.3 is 0 Å². The smallest absolute Gasteiger partial charge is 0.151 e. The number of thioether (sulfide) groups is 2. The van der Waals surface area contributed by atoms with Gasteiger partial charge in [-0.3, -0.25) is 10.8 Å². The van der Waals surface area contributed by atoms with E-state index in [9.17, 15) is 0 Å². The van der Waals surface area contributed by atoms with Gasteiger partial charge in [-0.1, -0.05) is 47.8 Å². The summed E-state index contributed by atoms with van der Waals surface area (Å²) in [5.74, 6) is 2.06. The molecule has 6 N–H and O–H groups in total. The third kappa shape index (κ3) is 8.88. The maximum absolute atomic E-state index is 7.41. The van der Waals surface area contributed by atoms with Gasteiger partial charge < -0.3 is 16.4 Å². The summed E-state index contributed by atoms with van der Waals surface area (Å²) in [6.07, 6.45) is 1.96.